The number of anilines is 3. The molecular formula is C48H31NO. The fourth-order valence-corrected chi connectivity index (χ4v) is 7.67. The van der Waals surface area contributed by atoms with Gasteiger partial charge in [-0.25, -0.2) is 0 Å². The average molecular weight is 638 g/mol. The van der Waals surface area contributed by atoms with Crippen molar-refractivity contribution in [3.05, 3.63) is 188 Å². The number of fused-ring (bicyclic) bond motifs is 7. The van der Waals surface area contributed by atoms with Gasteiger partial charge in [0, 0.05) is 33.3 Å². The zero-order chi connectivity index (χ0) is 33.0. The van der Waals surface area contributed by atoms with Gasteiger partial charge >= 0.3 is 0 Å². The Balaban J connectivity index is 1.19. The van der Waals surface area contributed by atoms with E-state index in [0.29, 0.717) is 0 Å². The highest BCUT2D eigenvalue weighted by Crippen LogP contribution is 2.45. The molecule has 9 aromatic carbocycles. The van der Waals surface area contributed by atoms with E-state index in [4.69, 9.17) is 4.42 Å². The minimum atomic E-state index is 0.906. The van der Waals surface area contributed by atoms with Gasteiger partial charge in [0.1, 0.15) is 11.2 Å². The van der Waals surface area contributed by atoms with Crippen LogP contribution in [0.15, 0.2) is 192 Å². The fraction of sp³-hybridized carbons (Fsp3) is 0. The van der Waals surface area contributed by atoms with Crippen molar-refractivity contribution >= 4 is 71.3 Å². The molecule has 0 amide bonds. The van der Waals surface area contributed by atoms with Gasteiger partial charge in [0.2, 0.25) is 0 Å². The maximum Gasteiger partial charge on any atom is 0.143 e. The van der Waals surface area contributed by atoms with E-state index in [-0.39, 0.29) is 0 Å². The highest BCUT2D eigenvalue weighted by Gasteiger charge is 2.20. The van der Waals surface area contributed by atoms with Gasteiger partial charge in [0.05, 0.1) is 5.69 Å². The Bertz CT molecular complexity index is 2870. The second-order valence-corrected chi connectivity index (χ2v) is 12.9. The van der Waals surface area contributed by atoms with E-state index in [1.165, 1.54) is 43.4 Å². The summed E-state index contributed by atoms with van der Waals surface area (Å²) in [7, 11) is 0. The van der Waals surface area contributed by atoms with E-state index in [0.717, 1.165) is 50.1 Å². The van der Waals surface area contributed by atoms with Gasteiger partial charge in [-0.05, 0) is 85.9 Å². The van der Waals surface area contributed by atoms with E-state index in [1.54, 1.807) is 0 Å². The molecule has 0 saturated heterocycles. The van der Waals surface area contributed by atoms with Crippen LogP contribution in [0.5, 0.6) is 0 Å². The fourth-order valence-electron chi connectivity index (χ4n) is 7.67. The Kier molecular flexibility index (Phi) is 6.53. The molecule has 2 nitrogen and oxygen atoms in total. The summed E-state index contributed by atoms with van der Waals surface area (Å²) in [5.74, 6) is 0. The summed E-state index contributed by atoms with van der Waals surface area (Å²) in [4.78, 5) is 2.40. The molecule has 0 fully saturated rings. The Morgan fingerprint density at radius 3 is 1.82 bits per heavy atom. The van der Waals surface area contributed by atoms with Crippen molar-refractivity contribution in [2.24, 2.45) is 0 Å². The highest BCUT2D eigenvalue weighted by atomic mass is 16.3. The summed E-state index contributed by atoms with van der Waals surface area (Å²) >= 11 is 0. The number of hydrogen-bond acceptors (Lipinski definition) is 2. The summed E-state index contributed by atoms with van der Waals surface area (Å²) < 4.78 is 6.59. The molecule has 10 aromatic rings. The number of nitrogens with zero attached hydrogens (tertiary/aromatic N) is 1. The monoisotopic (exact) mass is 637 g/mol. The van der Waals surface area contributed by atoms with Crippen LogP contribution in [-0.2, 0) is 0 Å². The molecule has 0 radical (unpaired) electrons. The molecule has 10 rings (SSSR count). The first kappa shape index (κ1) is 28.4. The minimum Gasteiger partial charge on any atom is -0.455 e. The van der Waals surface area contributed by atoms with Crippen LogP contribution in [-0.4, -0.2) is 0 Å². The molecule has 2 heteroatoms. The third-order valence-corrected chi connectivity index (χ3v) is 10.0. The number of benzene rings is 9. The second kappa shape index (κ2) is 11.5. The lowest BCUT2D eigenvalue weighted by Gasteiger charge is -2.28. The van der Waals surface area contributed by atoms with Gasteiger partial charge in [0.15, 0.2) is 0 Å². The molecule has 50 heavy (non-hydrogen) atoms. The molecule has 0 N–H and O–H groups in total. The highest BCUT2D eigenvalue weighted by molar-refractivity contribution is 6.18. The van der Waals surface area contributed by atoms with Crippen LogP contribution in [0.3, 0.4) is 0 Å². The van der Waals surface area contributed by atoms with Crippen molar-refractivity contribution in [1.29, 1.82) is 0 Å². The van der Waals surface area contributed by atoms with E-state index < -0.39 is 0 Å². The van der Waals surface area contributed by atoms with Crippen LogP contribution in [0.25, 0.3) is 76.5 Å². The maximum absolute atomic E-state index is 6.59. The SMILES string of the molecule is c1ccc(-c2ccccc2N(c2ccc(-c3c4ccccc4cc4c3oc3ccccc34)cc2)c2ccc3ccc4ccccc4c3c2)cc1. The van der Waals surface area contributed by atoms with Crippen molar-refractivity contribution in [1.82, 2.24) is 0 Å². The standard InChI is InChI=1S/C48H31NO/c1-2-12-32(13-3-1)40-17-8-10-20-45(40)49(38-29-24-34-23-22-33-14-4-6-16-39(33)43(34)31-38)37-27-25-35(26-28-37)47-41-18-7-5-15-36(41)30-44-42-19-9-11-21-46(42)50-48(44)47/h1-31H. The number of rotatable bonds is 5. The first-order chi connectivity index (χ1) is 24.8. The molecule has 0 aliphatic rings. The lowest BCUT2D eigenvalue weighted by Crippen LogP contribution is -2.11. The Labute approximate surface area is 290 Å². The molecule has 0 aliphatic heterocycles. The van der Waals surface area contributed by atoms with E-state index in [1.807, 2.05) is 6.07 Å². The zero-order valence-electron chi connectivity index (χ0n) is 27.3. The molecule has 0 unspecified atom stereocenters. The van der Waals surface area contributed by atoms with Crippen molar-refractivity contribution in [2.45, 2.75) is 0 Å². The smallest absolute Gasteiger partial charge is 0.143 e. The van der Waals surface area contributed by atoms with Gasteiger partial charge in [-0.3, -0.25) is 0 Å². The van der Waals surface area contributed by atoms with Crippen LogP contribution in [0.2, 0.25) is 0 Å². The summed E-state index contributed by atoms with van der Waals surface area (Å²) in [5, 5.41) is 9.62. The summed E-state index contributed by atoms with van der Waals surface area (Å²) in [6.07, 6.45) is 0. The van der Waals surface area contributed by atoms with Crippen LogP contribution in [0.1, 0.15) is 0 Å². The predicted molar refractivity (Wildman–Crippen MR) is 212 cm³/mol. The number of para-hydroxylation sites is 2. The molecule has 1 heterocycles. The number of furan rings is 1. The molecular weight excluding hydrogens is 607 g/mol. The Morgan fingerprint density at radius 1 is 0.360 bits per heavy atom. The molecule has 1 aromatic heterocycles. The van der Waals surface area contributed by atoms with Crippen LogP contribution in [0, 0.1) is 0 Å². The lowest BCUT2D eigenvalue weighted by molar-refractivity contribution is 0.670. The second-order valence-electron chi connectivity index (χ2n) is 12.9. The first-order valence-corrected chi connectivity index (χ1v) is 17.1. The third kappa shape index (κ3) is 4.57. The molecule has 234 valence electrons. The van der Waals surface area contributed by atoms with Crippen molar-refractivity contribution in [2.75, 3.05) is 4.90 Å². The van der Waals surface area contributed by atoms with Crippen molar-refractivity contribution in [3.8, 4) is 22.3 Å². The molecule has 0 aliphatic carbocycles. The normalized spacial score (nSPS) is 11.6. The summed E-state index contributed by atoms with van der Waals surface area (Å²) in [5.41, 5.74) is 9.73. The Hall–Kier alpha value is -6.64. The lowest BCUT2D eigenvalue weighted by atomic mass is 9.94. The average Bonchev–Trinajstić information content (AvgIpc) is 3.56. The van der Waals surface area contributed by atoms with E-state index in [2.05, 4.69) is 187 Å². The largest absolute Gasteiger partial charge is 0.455 e. The topological polar surface area (TPSA) is 16.4 Å². The van der Waals surface area contributed by atoms with Crippen LogP contribution in [0.4, 0.5) is 17.1 Å². The van der Waals surface area contributed by atoms with Crippen LogP contribution >= 0.6 is 0 Å². The van der Waals surface area contributed by atoms with Gasteiger partial charge < -0.3 is 9.32 Å². The van der Waals surface area contributed by atoms with Gasteiger partial charge in [0.25, 0.3) is 0 Å². The summed E-state index contributed by atoms with van der Waals surface area (Å²) in [6, 6.07) is 67.5. The molecule has 0 spiro atoms. The quantitative estimate of drug-likeness (QED) is 0.175. The minimum absolute atomic E-state index is 0.906. The first-order valence-electron chi connectivity index (χ1n) is 17.1. The van der Waals surface area contributed by atoms with Gasteiger partial charge in [-0.2, -0.15) is 0 Å². The maximum atomic E-state index is 6.59. The van der Waals surface area contributed by atoms with E-state index in [9.17, 15) is 0 Å². The number of hydrogen-bond donors (Lipinski definition) is 0. The van der Waals surface area contributed by atoms with Gasteiger partial charge in [-0.15, -0.1) is 0 Å². The van der Waals surface area contributed by atoms with E-state index >= 15 is 0 Å². The van der Waals surface area contributed by atoms with Gasteiger partial charge in [-0.1, -0.05) is 146 Å². The summed E-state index contributed by atoms with van der Waals surface area (Å²) in [6.45, 7) is 0. The van der Waals surface area contributed by atoms with Crippen LogP contribution < -0.4 is 4.90 Å². The predicted octanol–water partition coefficient (Wildman–Crippen LogP) is 13.8. The van der Waals surface area contributed by atoms with Crippen molar-refractivity contribution < 1.29 is 4.42 Å². The zero-order valence-corrected chi connectivity index (χ0v) is 27.3. The molecule has 0 atom stereocenters. The Morgan fingerprint density at radius 2 is 0.980 bits per heavy atom. The third-order valence-electron chi connectivity index (χ3n) is 10.0. The molecule has 0 bridgehead atoms. The van der Waals surface area contributed by atoms with Crippen molar-refractivity contribution in [3.63, 3.8) is 0 Å². The molecule has 0 saturated carbocycles.